The Balaban J connectivity index is 0.00000102. The number of hydrogen-bond donors (Lipinski definition) is 1. The zero-order valence-corrected chi connectivity index (χ0v) is 15.7. The summed E-state index contributed by atoms with van der Waals surface area (Å²) in [6, 6.07) is 0. The average Bonchev–Trinajstić information content (AvgIpc) is 2.55. The van der Waals surface area contributed by atoms with E-state index in [0.717, 1.165) is 58.3 Å². The molecule has 0 radical (unpaired) electrons. The molecule has 0 aromatic heterocycles. The molecule has 0 bridgehead atoms. The lowest BCUT2D eigenvalue weighted by Crippen LogP contribution is -2.45. The Labute approximate surface area is 137 Å². The molecule has 0 unspecified atom stereocenters. The van der Waals surface area contributed by atoms with Gasteiger partial charge < -0.3 is 14.9 Å². The third kappa shape index (κ3) is 7.10. The van der Waals surface area contributed by atoms with E-state index in [1.807, 2.05) is 32.6 Å². The molecule has 1 amide bonds. The minimum Gasteiger partial charge on any atom is -0.390 e. The van der Waals surface area contributed by atoms with Crippen molar-refractivity contribution in [2.75, 3.05) is 33.2 Å². The third-order valence-corrected chi connectivity index (χ3v) is 4.65. The van der Waals surface area contributed by atoms with Crippen LogP contribution in [0.5, 0.6) is 0 Å². The monoisotopic (exact) mass is 314 g/mol. The van der Waals surface area contributed by atoms with E-state index < -0.39 is 5.60 Å². The Morgan fingerprint density at radius 3 is 1.91 bits per heavy atom. The molecule has 0 spiro atoms. The molecular formula is C18H38N2O2. The number of carbonyl (C=O) groups excluding carboxylic acids is 1. The van der Waals surface area contributed by atoms with Crippen LogP contribution in [0.2, 0.25) is 0 Å². The molecule has 0 saturated carbocycles. The van der Waals surface area contributed by atoms with Crippen LogP contribution in [0.4, 0.5) is 0 Å². The highest BCUT2D eigenvalue weighted by Crippen LogP contribution is 2.32. The summed E-state index contributed by atoms with van der Waals surface area (Å²) in [5.74, 6) is 0.778. The normalized spacial score (nSPS) is 22.0. The van der Waals surface area contributed by atoms with Gasteiger partial charge in [-0.05, 0) is 45.1 Å². The Morgan fingerprint density at radius 2 is 1.50 bits per heavy atom. The van der Waals surface area contributed by atoms with E-state index in [0.29, 0.717) is 5.92 Å². The van der Waals surface area contributed by atoms with Gasteiger partial charge in [0.15, 0.2) is 0 Å². The molecule has 2 saturated heterocycles. The number of nitrogens with zero attached hydrogens (tertiary/aromatic N) is 2. The molecule has 2 rings (SSSR count). The average molecular weight is 315 g/mol. The van der Waals surface area contributed by atoms with Gasteiger partial charge in [-0.25, -0.2) is 0 Å². The van der Waals surface area contributed by atoms with E-state index in [1.165, 1.54) is 0 Å². The van der Waals surface area contributed by atoms with Crippen LogP contribution in [0, 0.1) is 5.92 Å². The van der Waals surface area contributed by atoms with Crippen LogP contribution in [-0.4, -0.2) is 59.6 Å². The Morgan fingerprint density at radius 1 is 1.05 bits per heavy atom. The van der Waals surface area contributed by atoms with Gasteiger partial charge in [-0.3, -0.25) is 4.79 Å². The molecule has 22 heavy (non-hydrogen) atoms. The number of carbonyl (C=O) groups is 1. The number of likely N-dealkylation sites (tertiary alicyclic amines) is 2. The number of hydrogen-bond acceptors (Lipinski definition) is 3. The number of aliphatic hydroxyl groups is 1. The molecular weight excluding hydrogens is 276 g/mol. The molecule has 132 valence electrons. The first-order chi connectivity index (χ1) is 10.5. The quantitative estimate of drug-likeness (QED) is 0.851. The minimum atomic E-state index is -0.449. The van der Waals surface area contributed by atoms with Crippen molar-refractivity contribution in [1.29, 1.82) is 0 Å². The fourth-order valence-corrected chi connectivity index (χ4v) is 3.23. The molecule has 2 heterocycles. The van der Waals surface area contributed by atoms with Gasteiger partial charge in [0.1, 0.15) is 0 Å². The van der Waals surface area contributed by atoms with Crippen molar-refractivity contribution in [2.24, 2.45) is 5.92 Å². The van der Waals surface area contributed by atoms with E-state index in [-0.39, 0.29) is 5.91 Å². The fraction of sp³-hybridized carbons (Fsp3) is 0.944. The Kier molecular flexibility index (Phi) is 10.7. The zero-order valence-electron chi connectivity index (χ0n) is 15.7. The van der Waals surface area contributed by atoms with Crippen LogP contribution >= 0.6 is 0 Å². The molecule has 0 atom stereocenters. The highest BCUT2D eigenvalue weighted by molar-refractivity contribution is 5.73. The predicted octanol–water partition coefficient (Wildman–Crippen LogP) is 3.14. The fourth-order valence-electron chi connectivity index (χ4n) is 3.23. The Hall–Kier alpha value is -0.610. The summed E-state index contributed by atoms with van der Waals surface area (Å²) in [6.45, 7) is 13.4. The molecule has 2 aliphatic heterocycles. The molecule has 4 nitrogen and oxygen atoms in total. The standard InChI is InChI=1S/C14H26N2O2.2C2H6/c1-12(17)16-7-3-13(4-8-16)11-14(18)5-9-15(2)10-6-14;2*1-2/h13,18H,3-11H2,1-2H3;2*1-2H3. The van der Waals surface area contributed by atoms with Crippen LogP contribution in [0.1, 0.15) is 66.7 Å². The van der Waals surface area contributed by atoms with Gasteiger partial charge in [0.25, 0.3) is 0 Å². The highest BCUT2D eigenvalue weighted by atomic mass is 16.3. The van der Waals surface area contributed by atoms with Crippen molar-refractivity contribution >= 4 is 5.91 Å². The van der Waals surface area contributed by atoms with Crippen LogP contribution in [-0.2, 0) is 4.79 Å². The number of piperidine rings is 2. The molecule has 0 aromatic carbocycles. The van der Waals surface area contributed by atoms with Crippen molar-refractivity contribution < 1.29 is 9.90 Å². The maximum absolute atomic E-state index is 11.3. The van der Waals surface area contributed by atoms with E-state index in [1.54, 1.807) is 6.92 Å². The van der Waals surface area contributed by atoms with Crippen molar-refractivity contribution in [3.8, 4) is 0 Å². The van der Waals surface area contributed by atoms with Gasteiger partial charge in [-0.15, -0.1) is 0 Å². The molecule has 0 aliphatic carbocycles. The van der Waals surface area contributed by atoms with Gasteiger partial charge in [0.2, 0.25) is 5.91 Å². The predicted molar refractivity (Wildman–Crippen MR) is 94.0 cm³/mol. The smallest absolute Gasteiger partial charge is 0.219 e. The lowest BCUT2D eigenvalue weighted by molar-refractivity contribution is -0.130. The van der Waals surface area contributed by atoms with Crippen LogP contribution in [0.3, 0.4) is 0 Å². The lowest BCUT2D eigenvalue weighted by Gasteiger charge is -2.40. The van der Waals surface area contributed by atoms with Crippen LogP contribution < -0.4 is 0 Å². The first kappa shape index (κ1) is 21.4. The lowest BCUT2D eigenvalue weighted by atomic mass is 9.79. The molecule has 4 heteroatoms. The third-order valence-electron chi connectivity index (χ3n) is 4.65. The zero-order chi connectivity index (χ0) is 17.2. The summed E-state index contributed by atoms with van der Waals surface area (Å²) in [5.41, 5.74) is -0.449. The maximum atomic E-state index is 11.3. The van der Waals surface area contributed by atoms with Crippen molar-refractivity contribution in [3.05, 3.63) is 0 Å². The topological polar surface area (TPSA) is 43.8 Å². The molecule has 2 aliphatic rings. The largest absolute Gasteiger partial charge is 0.390 e. The summed E-state index contributed by atoms with van der Waals surface area (Å²) in [6.07, 6.45) is 4.83. The van der Waals surface area contributed by atoms with E-state index in [4.69, 9.17) is 0 Å². The summed E-state index contributed by atoms with van der Waals surface area (Å²) in [5, 5.41) is 10.6. The van der Waals surface area contributed by atoms with Crippen molar-refractivity contribution in [1.82, 2.24) is 9.80 Å². The van der Waals surface area contributed by atoms with E-state index in [2.05, 4.69) is 11.9 Å². The Bertz CT molecular complexity index is 291. The summed E-state index contributed by atoms with van der Waals surface area (Å²) < 4.78 is 0. The highest BCUT2D eigenvalue weighted by Gasteiger charge is 2.34. The van der Waals surface area contributed by atoms with Crippen LogP contribution in [0.25, 0.3) is 0 Å². The summed E-state index contributed by atoms with van der Waals surface area (Å²) in [4.78, 5) is 15.5. The van der Waals surface area contributed by atoms with E-state index in [9.17, 15) is 9.90 Å². The van der Waals surface area contributed by atoms with Crippen LogP contribution in [0.15, 0.2) is 0 Å². The van der Waals surface area contributed by atoms with Gasteiger partial charge >= 0.3 is 0 Å². The molecule has 2 fully saturated rings. The minimum absolute atomic E-state index is 0.187. The van der Waals surface area contributed by atoms with Gasteiger partial charge in [-0.1, -0.05) is 27.7 Å². The SMILES string of the molecule is CC.CC.CC(=O)N1CCC(CC2(O)CCN(C)CC2)CC1. The number of rotatable bonds is 2. The maximum Gasteiger partial charge on any atom is 0.219 e. The van der Waals surface area contributed by atoms with Gasteiger partial charge in [0, 0.05) is 33.1 Å². The number of amides is 1. The second-order valence-electron chi connectivity index (χ2n) is 6.18. The van der Waals surface area contributed by atoms with Gasteiger partial charge in [0.05, 0.1) is 5.60 Å². The second kappa shape index (κ2) is 11.0. The molecule has 0 aromatic rings. The van der Waals surface area contributed by atoms with Gasteiger partial charge in [-0.2, -0.15) is 0 Å². The van der Waals surface area contributed by atoms with Crippen molar-refractivity contribution in [2.45, 2.75) is 72.3 Å². The first-order valence-corrected chi connectivity index (χ1v) is 9.15. The molecule has 1 N–H and O–H groups in total. The summed E-state index contributed by atoms with van der Waals surface area (Å²) >= 11 is 0. The summed E-state index contributed by atoms with van der Waals surface area (Å²) in [7, 11) is 2.12. The van der Waals surface area contributed by atoms with Crippen molar-refractivity contribution in [3.63, 3.8) is 0 Å². The van der Waals surface area contributed by atoms with E-state index >= 15 is 0 Å². The second-order valence-corrected chi connectivity index (χ2v) is 6.18. The first-order valence-electron chi connectivity index (χ1n) is 9.15.